The van der Waals surface area contributed by atoms with Crippen molar-refractivity contribution in [2.45, 2.75) is 59.6 Å². The maximum Gasteiger partial charge on any atom is 0.421 e. The normalized spacial score (nSPS) is 24.4. The molecule has 3 rings (SSSR count). The number of nitrogens with zero attached hydrogens (tertiary/aromatic N) is 1. The third kappa shape index (κ3) is 5.74. The molecule has 0 radical (unpaired) electrons. The van der Waals surface area contributed by atoms with Crippen molar-refractivity contribution in [3.63, 3.8) is 0 Å². The highest BCUT2D eigenvalue weighted by molar-refractivity contribution is 6.30. The van der Waals surface area contributed by atoms with E-state index in [0.717, 1.165) is 30.7 Å². The van der Waals surface area contributed by atoms with Crippen molar-refractivity contribution >= 4 is 23.0 Å². The second-order valence-corrected chi connectivity index (χ2v) is 9.55. The number of Topliss-reactive ketones (excluding diaryl/α,β-unsaturated/α-hetero) is 1. The van der Waals surface area contributed by atoms with Crippen LogP contribution in [0.25, 0.3) is 5.57 Å². The molecule has 4 nitrogen and oxygen atoms in total. The lowest BCUT2D eigenvalue weighted by Gasteiger charge is -2.22. The van der Waals surface area contributed by atoms with E-state index in [1.165, 1.54) is 12.1 Å². The van der Waals surface area contributed by atoms with Gasteiger partial charge in [-0.25, -0.2) is 4.98 Å². The van der Waals surface area contributed by atoms with Gasteiger partial charge in [-0.1, -0.05) is 45.4 Å². The summed E-state index contributed by atoms with van der Waals surface area (Å²) in [6.07, 6.45) is -1.02. The van der Waals surface area contributed by atoms with Gasteiger partial charge in [0, 0.05) is 18.5 Å². The minimum absolute atomic E-state index is 0.0130. The second-order valence-electron chi connectivity index (χ2n) is 9.11. The van der Waals surface area contributed by atoms with Crippen molar-refractivity contribution in [2.24, 2.45) is 17.8 Å². The fourth-order valence-corrected chi connectivity index (χ4v) is 4.39. The number of halogens is 4. The SMILES string of the molecule is CCc1ccc(Oc2ncc(Cl)cc2C(F)(F)F)cc1/C1=C(\O)C(C)[C@@H](C)CC[C@@H](C)CC1=O. The topological polar surface area (TPSA) is 59.4 Å². The van der Waals surface area contributed by atoms with E-state index in [1.807, 2.05) is 27.7 Å². The smallest absolute Gasteiger partial charge is 0.421 e. The molecule has 1 unspecified atom stereocenters. The Morgan fingerprint density at radius 2 is 1.88 bits per heavy atom. The lowest BCUT2D eigenvalue weighted by Crippen LogP contribution is -2.15. The van der Waals surface area contributed by atoms with Gasteiger partial charge in [0.05, 0.1) is 10.6 Å². The van der Waals surface area contributed by atoms with Crippen LogP contribution in [0, 0.1) is 17.8 Å². The van der Waals surface area contributed by atoms with Crippen LogP contribution in [0.15, 0.2) is 36.2 Å². The van der Waals surface area contributed by atoms with Gasteiger partial charge in [0.25, 0.3) is 0 Å². The first-order valence-electron chi connectivity index (χ1n) is 11.4. The van der Waals surface area contributed by atoms with Gasteiger partial charge >= 0.3 is 6.18 Å². The zero-order valence-corrected chi connectivity index (χ0v) is 20.4. The molecule has 34 heavy (non-hydrogen) atoms. The highest BCUT2D eigenvalue weighted by Crippen LogP contribution is 2.40. The summed E-state index contributed by atoms with van der Waals surface area (Å²) in [7, 11) is 0. The number of carbonyl (C=O) groups excluding carboxylic acids is 1. The number of aryl methyl sites for hydroxylation is 1. The van der Waals surface area contributed by atoms with Crippen molar-refractivity contribution in [2.75, 3.05) is 0 Å². The Bertz CT molecular complexity index is 1100. The number of aliphatic hydroxyl groups is 1. The first-order chi connectivity index (χ1) is 15.9. The fourth-order valence-electron chi connectivity index (χ4n) is 4.23. The molecule has 0 saturated heterocycles. The Labute approximate surface area is 202 Å². The van der Waals surface area contributed by atoms with Gasteiger partial charge in [-0.15, -0.1) is 0 Å². The summed E-state index contributed by atoms with van der Waals surface area (Å²) in [5, 5.41) is 11.0. The zero-order valence-electron chi connectivity index (χ0n) is 19.7. The van der Waals surface area contributed by atoms with Crippen molar-refractivity contribution in [3.8, 4) is 11.6 Å². The van der Waals surface area contributed by atoms with Gasteiger partial charge in [0.15, 0.2) is 5.78 Å². The summed E-state index contributed by atoms with van der Waals surface area (Å²) < 4.78 is 46.0. The Hall–Kier alpha value is -2.54. The number of rotatable bonds is 4. The molecular weight excluding hydrogens is 467 g/mol. The molecule has 0 saturated carbocycles. The zero-order chi connectivity index (χ0) is 25.2. The monoisotopic (exact) mass is 495 g/mol. The van der Waals surface area contributed by atoms with Crippen molar-refractivity contribution in [1.82, 2.24) is 4.98 Å². The van der Waals surface area contributed by atoms with Gasteiger partial charge in [-0.05, 0) is 60.4 Å². The van der Waals surface area contributed by atoms with E-state index in [-0.39, 0.29) is 52.1 Å². The Kier molecular flexibility index (Phi) is 7.96. The molecule has 0 spiro atoms. The van der Waals surface area contributed by atoms with Gasteiger partial charge in [0.1, 0.15) is 17.1 Å². The number of ketones is 1. The summed E-state index contributed by atoms with van der Waals surface area (Å²) in [5.74, 6) is -0.651. The largest absolute Gasteiger partial charge is 0.511 e. The molecule has 0 bridgehead atoms. The first kappa shape index (κ1) is 26.1. The van der Waals surface area contributed by atoms with Crippen LogP contribution in [0.4, 0.5) is 13.2 Å². The second kappa shape index (κ2) is 10.4. The number of alkyl halides is 3. The molecule has 3 atom stereocenters. The van der Waals surface area contributed by atoms with Crippen molar-refractivity contribution in [1.29, 1.82) is 0 Å². The van der Waals surface area contributed by atoms with Crippen LogP contribution < -0.4 is 4.74 Å². The van der Waals surface area contributed by atoms with Crippen molar-refractivity contribution in [3.05, 3.63) is 57.9 Å². The molecule has 0 fully saturated rings. The van der Waals surface area contributed by atoms with E-state index in [2.05, 4.69) is 4.98 Å². The molecule has 184 valence electrons. The molecule has 0 aliphatic heterocycles. The summed E-state index contributed by atoms with van der Waals surface area (Å²) in [4.78, 5) is 17.0. The van der Waals surface area contributed by atoms with Crippen molar-refractivity contribution < 1.29 is 27.8 Å². The fraction of sp³-hybridized carbons (Fsp3) is 0.462. The van der Waals surface area contributed by atoms with E-state index in [1.54, 1.807) is 6.07 Å². The molecule has 1 heterocycles. The standard InChI is InChI=1S/C26H29ClF3NO3/c1-5-17-8-9-19(34-25-21(26(28,29)30)11-18(27)13-31-25)12-20(17)23-22(32)10-14(2)6-7-15(3)16(4)24(23)33/h8-9,11-16,33H,5-7,10H2,1-4H3/b24-23+/t14-,15+,16?/m1/s1. The number of hydrogen-bond donors (Lipinski definition) is 1. The summed E-state index contributed by atoms with van der Waals surface area (Å²) >= 11 is 5.71. The average molecular weight is 496 g/mol. The first-order valence-corrected chi connectivity index (χ1v) is 11.8. The number of aliphatic hydroxyl groups excluding tert-OH is 1. The van der Waals surface area contributed by atoms with Gasteiger partial charge in [-0.2, -0.15) is 13.2 Å². The molecule has 8 heteroatoms. The van der Waals surface area contributed by atoms with Crippen LogP contribution in [0.5, 0.6) is 11.6 Å². The van der Waals surface area contributed by atoms with Crippen LogP contribution in [-0.4, -0.2) is 15.9 Å². The van der Waals surface area contributed by atoms with Crippen LogP contribution in [0.1, 0.15) is 63.6 Å². The minimum Gasteiger partial charge on any atom is -0.511 e. The summed E-state index contributed by atoms with van der Waals surface area (Å²) in [6.45, 7) is 7.86. The highest BCUT2D eigenvalue weighted by Gasteiger charge is 2.36. The van der Waals surface area contributed by atoms with Crippen LogP contribution >= 0.6 is 11.6 Å². The highest BCUT2D eigenvalue weighted by atomic mass is 35.5. The van der Waals surface area contributed by atoms with E-state index in [9.17, 15) is 23.1 Å². The Balaban J connectivity index is 2.13. The molecule has 1 aromatic heterocycles. The minimum atomic E-state index is -4.71. The Morgan fingerprint density at radius 3 is 2.53 bits per heavy atom. The number of allylic oxidation sites excluding steroid dienone is 2. The van der Waals surface area contributed by atoms with Crippen LogP contribution in [0.3, 0.4) is 0 Å². The van der Waals surface area contributed by atoms with Crippen LogP contribution in [-0.2, 0) is 17.4 Å². The Morgan fingerprint density at radius 1 is 1.18 bits per heavy atom. The molecular formula is C26H29ClF3NO3. The molecule has 1 N–H and O–H groups in total. The van der Waals surface area contributed by atoms with E-state index in [0.29, 0.717) is 12.0 Å². The maximum absolute atomic E-state index is 13.5. The average Bonchev–Trinajstić information content (AvgIpc) is 2.80. The molecule has 1 aliphatic carbocycles. The van der Waals surface area contributed by atoms with Gasteiger partial charge in [-0.3, -0.25) is 4.79 Å². The molecule has 0 amide bonds. The number of ether oxygens (including phenoxy) is 1. The lowest BCUT2D eigenvalue weighted by molar-refractivity contribution is -0.138. The van der Waals surface area contributed by atoms with E-state index >= 15 is 0 Å². The van der Waals surface area contributed by atoms with Gasteiger partial charge in [0.2, 0.25) is 5.88 Å². The quantitative estimate of drug-likeness (QED) is 0.466. The molecule has 1 aromatic carbocycles. The predicted octanol–water partition coefficient (Wildman–Crippen LogP) is 8.04. The number of benzene rings is 1. The third-order valence-corrected chi connectivity index (χ3v) is 6.74. The summed E-state index contributed by atoms with van der Waals surface area (Å²) in [5.41, 5.74) is 0.376. The predicted molar refractivity (Wildman–Crippen MR) is 126 cm³/mol. The van der Waals surface area contributed by atoms with E-state index < -0.39 is 17.6 Å². The third-order valence-electron chi connectivity index (χ3n) is 6.54. The number of carbonyl (C=O) groups is 1. The van der Waals surface area contributed by atoms with Crippen LogP contribution in [0.2, 0.25) is 5.02 Å². The number of hydrogen-bond acceptors (Lipinski definition) is 4. The molecule has 1 aliphatic rings. The number of aromatic nitrogens is 1. The lowest BCUT2D eigenvalue weighted by atomic mass is 9.85. The summed E-state index contributed by atoms with van der Waals surface area (Å²) in [6, 6.07) is 5.50. The van der Waals surface area contributed by atoms with E-state index in [4.69, 9.17) is 16.3 Å². The molecule has 2 aromatic rings. The number of pyridine rings is 1. The van der Waals surface area contributed by atoms with Gasteiger partial charge < -0.3 is 9.84 Å². The maximum atomic E-state index is 13.5.